The van der Waals surface area contributed by atoms with Crippen molar-refractivity contribution in [3.63, 3.8) is 0 Å². The van der Waals surface area contributed by atoms with Crippen molar-refractivity contribution in [3.05, 3.63) is 42.3 Å². The fourth-order valence-corrected chi connectivity index (χ4v) is 1.40. The second-order valence-corrected chi connectivity index (χ2v) is 4.61. The molecule has 1 atom stereocenters. The van der Waals surface area contributed by atoms with Crippen LogP contribution in [0.25, 0.3) is 0 Å². The van der Waals surface area contributed by atoms with Crippen molar-refractivity contribution in [3.8, 4) is 0 Å². The van der Waals surface area contributed by atoms with Gasteiger partial charge in [0, 0.05) is 0 Å². The van der Waals surface area contributed by atoms with Crippen molar-refractivity contribution in [1.82, 2.24) is 0 Å². The maximum Gasteiger partial charge on any atom is 0.398 e. The normalized spacial score (nSPS) is 13.2. The van der Waals surface area contributed by atoms with Gasteiger partial charge in [-0.2, -0.15) is 13.2 Å². The first-order valence-corrected chi connectivity index (χ1v) is 5.19. The minimum absolute atomic E-state index is 0.199. The number of halogens is 3. The lowest BCUT2D eigenvalue weighted by Crippen LogP contribution is -2.36. The van der Waals surface area contributed by atoms with Crippen molar-refractivity contribution < 1.29 is 13.2 Å². The Bertz CT molecular complexity index is 344. The Kier molecular flexibility index (Phi) is 3.36. The second-order valence-electron chi connectivity index (χ2n) is 4.61. The molecular formula is C13H16F3. The summed E-state index contributed by atoms with van der Waals surface area (Å²) < 4.78 is 38.1. The molecule has 0 spiro atoms. The Morgan fingerprint density at radius 2 is 1.50 bits per heavy atom. The van der Waals surface area contributed by atoms with E-state index in [4.69, 9.17) is 0 Å². The van der Waals surface area contributed by atoms with E-state index in [1.165, 1.54) is 12.1 Å². The van der Waals surface area contributed by atoms with E-state index in [0.29, 0.717) is 5.92 Å². The zero-order valence-corrected chi connectivity index (χ0v) is 9.73. The standard InChI is InChI=1S/C13H16F3/c1-9(2)10-5-7-11(8-6-10)12(3,4)13(14,15)16/h5-9H,3H2,1-2,4H3. The van der Waals surface area contributed by atoms with Gasteiger partial charge in [0.2, 0.25) is 0 Å². The summed E-state index contributed by atoms with van der Waals surface area (Å²) in [7, 11) is 0. The number of alkyl halides is 3. The lowest BCUT2D eigenvalue weighted by atomic mass is 9.83. The lowest BCUT2D eigenvalue weighted by Gasteiger charge is -2.28. The molecule has 0 bridgehead atoms. The van der Waals surface area contributed by atoms with E-state index in [2.05, 4.69) is 6.92 Å². The van der Waals surface area contributed by atoms with Gasteiger partial charge in [-0.05, 0) is 30.9 Å². The Morgan fingerprint density at radius 3 is 1.81 bits per heavy atom. The summed E-state index contributed by atoms with van der Waals surface area (Å²) >= 11 is 0. The van der Waals surface area contributed by atoms with Crippen LogP contribution in [0.1, 0.15) is 37.8 Å². The van der Waals surface area contributed by atoms with Crippen LogP contribution in [0.3, 0.4) is 0 Å². The summed E-state index contributed by atoms with van der Waals surface area (Å²) in [5.74, 6) is 0.316. The molecule has 1 aromatic carbocycles. The number of rotatable bonds is 2. The van der Waals surface area contributed by atoms with Crippen LogP contribution in [0.5, 0.6) is 0 Å². The highest BCUT2D eigenvalue weighted by molar-refractivity contribution is 5.32. The Hall–Kier alpha value is -0.990. The molecule has 1 rings (SSSR count). The van der Waals surface area contributed by atoms with Crippen LogP contribution in [0, 0.1) is 6.92 Å². The minimum Gasteiger partial charge on any atom is -0.170 e. The van der Waals surface area contributed by atoms with E-state index in [0.717, 1.165) is 12.5 Å². The molecule has 0 aliphatic rings. The second kappa shape index (κ2) is 4.11. The van der Waals surface area contributed by atoms with Gasteiger partial charge in [0.1, 0.15) is 0 Å². The van der Waals surface area contributed by atoms with Crippen LogP contribution in [-0.4, -0.2) is 6.18 Å². The molecule has 0 aliphatic carbocycles. The summed E-state index contributed by atoms with van der Waals surface area (Å²) in [6, 6.07) is 6.48. The molecule has 1 unspecified atom stereocenters. The van der Waals surface area contributed by atoms with Crippen molar-refractivity contribution in [2.24, 2.45) is 0 Å². The fourth-order valence-electron chi connectivity index (χ4n) is 1.40. The van der Waals surface area contributed by atoms with Crippen LogP contribution in [0.15, 0.2) is 24.3 Å². The van der Waals surface area contributed by atoms with E-state index in [-0.39, 0.29) is 5.56 Å². The zero-order valence-electron chi connectivity index (χ0n) is 9.73. The third-order valence-corrected chi connectivity index (χ3v) is 2.84. The Labute approximate surface area is 94.5 Å². The largest absolute Gasteiger partial charge is 0.398 e. The molecule has 0 saturated carbocycles. The lowest BCUT2D eigenvalue weighted by molar-refractivity contribution is -0.172. The fraction of sp³-hybridized carbons (Fsp3) is 0.462. The highest BCUT2D eigenvalue weighted by Crippen LogP contribution is 2.40. The molecule has 1 radical (unpaired) electrons. The average molecular weight is 229 g/mol. The first kappa shape index (κ1) is 13.1. The molecule has 0 fully saturated rings. The monoisotopic (exact) mass is 229 g/mol. The first-order chi connectivity index (χ1) is 7.16. The zero-order chi connectivity index (χ0) is 12.6. The predicted molar refractivity (Wildman–Crippen MR) is 59.3 cm³/mol. The molecule has 0 amide bonds. The van der Waals surface area contributed by atoms with Gasteiger partial charge in [-0.25, -0.2) is 0 Å². The summed E-state index contributed by atoms with van der Waals surface area (Å²) in [4.78, 5) is 0. The molecule has 0 saturated heterocycles. The van der Waals surface area contributed by atoms with Crippen molar-refractivity contribution in [2.75, 3.05) is 0 Å². The molecular weight excluding hydrogens is 213 g/mol. The van der Waals surface area contributed by atoms with E-state index in [1.54, 1.807) is 12.1 Å². The van der Waals surface area contributed by atoms with Crippen LogP contribution in [-0.2, 0) is 5.41 Å². The van der Waals surface area contributed by atoms with Gasteiger partial charge in [-0.15, -0.1) is 0 Å². The van der Waals surface area contributed by atoms with E-state index >= 15 is 0 Å². The highest BCUT2D eigenvalue weighted by Gasteiger charge is 2.48. The Balaban J connectivity index is 3.07. The minimum atomic E-state index is -4.33. The predicted octanol–water partition coefficient (Wildman–Crippen LogP) is 4.46. The van der Waals surface area contributed by atoms with Gasteiger partial charge in [0.15, 0.2) is 0 Å². The van der Waals surface area contributed by atoms with Gasteiger partial charge in [0.05, 0.1) is 5.41 Å². The van der Waals surface area contributed by atoms with Crippen molar-refractivity contribution in [1.29, 1.82) is 0 Å². The quantitative estimate of drug-likeness (QED) is 0.702. The van der Waals surface area contributed by atoms with Gasteiger partial charge in [-0.1, -0.05) is 38.1 Å². The van der Waals surface area contributed by atoms with Crippen LogP contribution in [0.2, 0.25) is 0 Å². The molecule has 89 valence electrons. The van der Waals surface area contributed by atoms with Crippen LogP contribution < -0.4 is 0 Å². The average Bonchev–Trinajstić information content (AvgIpc) is 2.16. The SMILES string of the molecule is [CH2]C(C)(c1ccc(C(C)C)cc1)C(F)(F)F. The molecule has 0 N–H and O–H groups in total. The molecule has 1 aromatic rings. The molecule has 0 heterocycles. The smallest absolute Gasteiger partial charge is 0.170 e. The van der Waals surface area contributed by atoms with Crippen molar-refractivity contribution in [2.45, 2.75) is 38.3 Å². The maximum atomic E-state index is 12.7. The van der Waals surface area contributed by atoms with Gasteiger partial charge in [-0.3, -0.25) is 0 Å². The Morgan fingerprint density at radius 1 is 1.06 bits per heavy atom. The van der Waals surface area contributed by atoms with Gasteiger partial charge < -0.3 is 0 Å². The molecule has 0 nitrogen and oxygen atoms in total. The van der Waals surface area contributed by atoms with E-state index in [1.807, 2.05) is 13.8 Å². The summed E-state index contributed by atoms with van der Waals surface area (Å²) in [5, 5.41) is 0. The third-order valence-electron chi connectivity index (χ3n) is 2.84. The number of hydrogen-bond acceptors (Lipinski definition) is 0. The topological polar surface area (TPSA) is 0 Å². The van der Waals surface area contributed by atoms with Gasteiger partial charge in [0.25, 0.3) is 0 Å². The van der Waals surface area contributed by atoms with Crippen LogP contribution >= 0.6 is 0 Å². The maximum absolute atomic E-state index is 12.7. The molecule has 3 heteroatoms. The summed E-state index contributed by atoms with van der Waals surface area (Å²) in [6.07, 6.45) is -4.33. The molecule has 0 aliphatic heterocycles. The van der Waals surface area contributed by atoms with Crippen molar-refractivity contribution >= 4 is 0 Å². The van der Waals surface area contributed by atoms with Crippen LogP contribution in [0.4, 0.5) is 13.2 Å². The molecule has 16 heavy (non-hydrogen) atoms. The third kappa shape index (κ3) is 2.39. The van der Waals surface area contributed by atoms with Gasteiger partial charge >= 0.3 is 6.18 Å². The summed E-state index contributed by atoms with van der Waals surface area (Å²) in [5.41, 5.74) is -0.811. The highest BCUT2D eigenvalue weighted by atomic mass is 19.4. The molecule has 0 aromatic heterocycles. The summed E-state index contributed by atoms with van der Waals surface area (Å²) in [6.45, 7) is 8.36. The number of hydrogen-bond donors (Lipinski definition) is 0. The first-order valence-electron chi connectivity index (χ1n) is 5.19. The number of benzene rings is 1. The van der Waals surface area contributed by atoms with E-state index in [9.17, 15) is 13.2 Å². The van der Waals surface area contributed by atoms with E-state index < -0.39 is 11.6 Å².